The van der Waals surface area contributed by atoms with Crippen LogP contribution in [0.1, 0.15) is 17.7 Å². The zero-order chi connectivity index (χ0) is 12.0. The minimum atomic E-state index is -0.350. The van der Waals surface area contributed by atoms with E-state index in [-0.39, 0.29) is 17.8 Å². The molecule has 0 aliphatic heterocycles. The molecule has 84 valence electrons. The molecule has 0 aliphatic rings. The largest absolute Gasteiger partial charge is 0.464 e. The number of hydrogen-bond donors (Lipinski definition) is 0. The van der Waals surface area contributed by atoms with Crippen LogP contribution in [0.5, 0.6) is 0 Å². The maximum Gasteiger partial charge on any atom is 0.302 e. The molecule has 5 heteroatoms. The van der Waals surface area contributed by atoms with Gasteiger partial charge in [-0.1, -0.05) is 23.7 Å². The van der Waals surface area contributed by atoms with Crippen molar-refractivity contribution < 1.29 is 9.53 Å². The van der Waals surface area contributed by atoms with Crippen molar-refractivity contribution in [2.45, 2.75) is 12.2 Å². The van der Waals surface area contributed by atoms with Crippen molar-refractivity contribution >= 4 is 29.3 Å². The summed E-state index contributed by atoms with van der Waals surface area (Å²) in [5, 5.41) is 11.1. The Balaban J connectivity index is 2.73. The van der Waals surface area contributed by atoms with Crippen molar-refractivity contribution in [3.63, 3.8) is 0 Å². The van der Waals surface area contributed by atoms with Crippen LogP contribution in [0.15, 0.2) is 24.3 Å². The molecule has 0 aromatic heterocycles. The van der Waals surface area contributed by atoms with E-state index in [0.29, 0.717) is 5.02 Å². The Morgan fingerprint density at radius 1 is 1.56 bits per heavy atom. The topological polar surface area (TPSA) is 50.1 Å². The van der Waals surface area contributed by atoms with Gasteiger partial charge < -0.3 is 4.74 Å². The average molecular weight is 256 g/mol. The fourth-order valence-electron chi connectivity index (χ4n) is 1.13. The minimum Gasteiger partial charge on any atom is -0.464 e. The molecule has 0 saturated carbocycles. The van der Waals surface area contributed by atoms with E-state index in [1.54, 1.807) is 12.1 Å². The normalized spacial score (nSPS) is 11.6. The fourth-order valence-corrected chi connectivity index (χ4v) is 1.81. The number of halogens is 1. The van der Waals surface area contributed by atoms with Crippen molar-refractivity contribution in [2.75, 3.05) is 6.61 Å². The Labute approximate surface area is 103 Å². The quantitative estimate of drug-likeness (QED) is 0.613. The molecule has 3 nitrogen and oxygen atoms in total. The van der Waals surface area contributed by atoms with E-state index in [4.69, 9.17) is 21.6 Å². The summed E-state index contributed by atoms with van der Waals surface area (Å²) >= 11 is 6.83. The van der Waals surface area contributed by atoms with Crippen LogP contribution >= 0.6 is 23.4 Å². The summed E-state index contributed by atoms with van der Waals surface area (Å²) in [5.74, 6) is -0.350. The van der Waals surface area contributed by atoms with Gasteiger partial charge in [0.05, 0.1) is 5.25 Å². The summed E-state index contributed by atoms with van der Waals surface area (Å²) in [7, 11) is 0. The standard InChI is InChI=1S/C11H10ClNO2S/c1-8(14)15-6-11(16-7-13)9-2-4-10(12)5-3-9/h2-5,11H,6H2,1H3. The second-order valence-electron chi connectivity index (χ2n) is 3.05. The molecule has 0 radical (unpaired) electrons. The molecule has 1 atom stereocenters. The molecule has 1 aromatic carbocycles. The smallest absolute Gasteiger partial charge is 0.302 e. The lowest BCUT2D eigenvalue weighted by Crippen LogP contribution is -2.07. The monoisotopic (exact) mass is 255 g/mol. The van der Waals surface area contributed by atoms with Gasteiger partial charge in [-0.05, 0) is 29.5 Å². The van der Waals surface area contributed by atoms with E-state index in [1.807, 2.05) is 17.5 Å². The molecule has 1 unspecified atom stereocenters. The van der Waals surface area contributed by atoms with E-state index in [2.05, 4.69) is 0 Å². The molecular weight excluding hydrogens is 246 g/mol. The predicted molar refractivity (Wildman–Crippen MR) is 64.0 cm³/mol. The van der Waals surface area contributed by atoms with Gasteiger partial charge in [-0.25, -0.2) is 0 Å². The highest BCUT2D eigenvalue weighted by molar-refractivity contribution is 8.03. The van der Waals surface area contributed by atoms with Gasteiger partial charge in [-0.2, -0.15) is 5.26 Å². The first kappa shape index (κ1) is 12.9. The Kier molecular flexibility index (Phi) is 5.17. The first-order valence-electron chi connectivity index (χ1n) is 4.57. The van der Waals surface area contributed by atoms with Gasteiger partial charge in [0.1, 0.15) is 12.0 Å². The summed E-state index contributed by atoms with van der Waals surface area (Å²) < 4.78 is 4.90. The third-order valence-electron chi connectivity index (χ3n) is 1.87. The first-order valence-corrected chi connectivity index (χ1v) is 5.83. The molecule has 1 rings (SSSR count). The predicted octanol–water partition coefficient (Wildman–Crippen LogP) is 3.16. The molecule has 0 fully saturated rings. The van der Waals surface area contributed by atoms with Crippen molar-refractivity contribution in [2.24, 2.45) is 0 Å². The van der Waals surface area contributed by atoms with Gasteiger partial charge in [-0.3, -0.25) is 4.79 Å². The Hall–Kier alpha value is -1.18. The minimum absolute atomic E-state index is 0.175. The summed E-state index contributed by atoms with van der Waals surface area (Å²) in [5.41, 5.74) is 0.914. The van der Waals surface area contributed by atoms with Crippen LogP contribution in [0.25, 0.3) is 0 Å². The number of thiocyanates is 1. The van der Waals surface area contributed by atoms with Crippen molar-refractivity contribution in [3.05, 3.63) is 34.9 Å². The van der Waals surface area contributed by atoms with Crippen LogP contribution < -0.4 is 0 Å². The summed E-state index contributed by atoms with van der Waals surface area (Å²) in [6.45, 7) is 1.53. The van der Waals surface area contributed by atoms with Crippen LogP contribution in [0.3, 0.4) is 0 Å². The Morgan fingerprint density at radius 2 is 2.19 bits per heavy atom. The molecule has 0 N–H and O–H groups in total. The third kappa shape index (κ3) is 4.13. The van der Waals surface area contributed by atoms with Gasteiger partial charge >= 0.3 is 5.97 Å². The molecule has 0 bridgehead atoms. The van der Waals surface area contributed by atoms with E-state index < -0.39 is 0 Å². The number of carbonyl (C=O) groups is 1. The lowest BCUT2D eigenvalue weighted by molar-refractivity contribution is -0.140. The molecule has 0 heterocycles. The molecule has 1 aromatic rings. The highest BCUT2D eigenvalue weighted by Gasteiger charge is 2.13. The van der Waals surface area contributed by atoms with Gasteiger partial charge in [0.2, 0.25) is 0 Å². The highest BCUT2D eigenvalue weighted by atomic mass is 35.5. The number of nitriles is 1. The van der Waals surface area contributed by atoms with E-state index in [9.17, 15) is 4.79 Å². The first-order chi connectivity index (χ1) is 7.63. The van der Waals surface area contributed by atoms with E-state index in [1.165, 1.54) is 6.92 Å². The number of thioether (sulfide) groups is 1. The number of rotatable bonds is 4. The zero-order valence-corrected chi connectivity index (χ0v) is 10.2. The van der Waals surface area contributed by atoms with Crippen molar-refractivity contribution in [3.8, 4) is 5.40 Å². The maximum absolute atomic E-state index is 10.7. The lowest BCUT2D eigenvalue weighted by Gasteiger charge is -2.12. The number of carbonyl (C=O) groups excluding carboxylic acids is 1. The van der Waals surface area contributed by atoms with Crippen LogP contribution in [-0.2, 0) is 9.53 Å². The van der Waals surface area contributed by atoms with E-state index >= 15 is 0 Å². The summed E-state index contributed by atoms with van der Waals surface area (Å²) in [6.07, 6.45) is 0. The summed E-state index contributed by atoms with van der Waals surface area (Å²) in [4.78, 5) is 10.7. The lowest BCUT2D eigenvalue weighted by atomic mass is 10.1. The number of benzene rings is 1. The van der Waals surface area contributed by atoms with Gasteiger partial charge in [0, 0.05) is 11.9 Å². The number of esters is 1. The Morgan fingerprint density at radius 3 is 2.69 bits per heavy atom. The molecule has 0 saturated heterocycles. The molecule has 0 aliphatic carbocycles. The Bertz CT molecular complexity index is 399. The zero-order valence-electron chi connectivity index (χ0n) is 8.64. The van der Waals surface area contributed by atoms with Gasteiger partial charge in [0.15, 0.2) is 0 Å². The van der Waals surface area contributed by atoms with Crippen LogP contribution in [0.4, 0.5) is 0 Å². The SMILES string of the molecule is CC(=O)OCC(SC#N)c1ccc(Cl)cc1. The highest BCUT2D eigenvalue weighted by Crippen LogP contribution is 2.29. The van der Waals surface area contributed by atoms with Crippen molar-refractivity contribution in [1.29, 1.82) is 5.26 Å². The molecular formula is C11H10ClNO2S. The molecule has 0 amide bonds. The van der Waals surface area contributed by atoms with Crippen LogP contribution in [0.2, 0.25) is 5.02 Å². The van der Waals surface area contributed by atoms with Crippen LogP contribution in [-0.4, -0.2) is 12.6 Å². The second kappa shape index (κ2) is 6.41. The number of hydrogen-bond acceptors (Lipinski definition) is 4. The fraction of sp³-hybridized carbons (Fsp3) is 0.273. The van der Waals surface area contributed by atoms with Gasteiger partial charge in [-0.15, -0.1) is 0 Å². The van der Waals surface area contributed by atoms with E-state index in [0.717, 1.165) is 17.3 Å². The maximum atomic E-state index is 10.7. The molecule has 16 heavy (non-hydrogen) atoms. The third-order valence-corrected chi connectivity index (χ3v) is 2.92. The van der Waals surface area contributed by atoms with Gasteiger partial charge in [0.25, 0.3) is 0 Å². The van der Waals surface area contributed by atoms with Crippen molar-refractivity contribution in [1.82, 2.24) is 0 Å². The number of ether oxygens (including phenoxy) is 1. The van der Waals surface area contributed by atoms with Crippen LogP contribution in [0, 0.1) is 10.7 Å². The number of nitrogens with zero attached hydrogens (tertiary/aromatic N) is 1. The summed E-state index contributed by atoms with van der Waals surface area (Å²) in [6, 6.07) is 7.13. The molecule has 0 spiro atoms. The second-order valence-corrected chi connectivity index (χ2v) is 4.48. The average Bonchev–Trinajstić information content (AvgIpc) is 2.25.